The highest BCUT2D eigenvalue weighted by Crippen LogP contribution is 2.20. The van der Waals surface area contributed by atoms with Gasteiger partial charge in [0.25, 0.3) is 0 Å². The minimum absolute atomic E-state index is 0.212. The first-order chi connectivity index (χ1) is 10.3. The molecular formula is C18H30BrNOS. The zero-order chi connectivity index (χ0) is 16.6. The number of unbranched alkanes of at least 4 members (excludes halogenated alkanes) is 2. The first kappa shape index (κ1) is 19.9. The number of hydrogen-bond donors (Lipinski definition) is 1. The van der Waals surface area contributed by atoms with E-state index in [0.717, 1.165) is 19.3 Å². The molecule has 2 unspecified atom stereocenters. The molecule has 1 aromatic carbocycles. The Balaban J connectivity index is 2.61. The van der Waals surface area contributed by atoms with E-state index >= 15 is 0 Å². The molecule has 0 bridgehead atoms. The Morgan fingerprint density at radius 1 is 1.18 bits per heavy atom. The molecule has 4 heteroatoms. The fourth-order valence-electron chi connectivity index (χ4n) is 2.26. The van der Waals surface area contributed by atoms with E-state index in [2.05, 4.69) is 45.8 Å². The third-order valence-electron chi connectivity index (χ3n) is 3.71. The molecule has 2 atom stereocenters. The van der Waals surface area contributed by atoms with Crippen LogP contribution in [0.1, 0.15) is 65.4 Å². The summed E-state index contributed by atoms with van der Waals surface area (Å²) in [5.74, 6) is 0. The maximum Gasteiger partial charge on any atom is 0.0972 e. The standard InChI is InChI=1S/C18H30BrNOS/c1-5-6-7-11-16(20-22(21)18(2,3)4)14-13-15-10-8-9-12-17(15)19/h8-10,12,16,20H,5-7,11,13-14H2,1-4H3. The normalized spacial score (nSPS) is 14.8. The van der Waals surface area contributed by atoms with Gasteiger partial charge in [-0.25, -0.2) is 8.93 Å². The number of hydrogen-bond acceptors (Lipinski definition) is 1. The molecule has 0 fully saturated rings. The summed E-state index contributed by atoms with van der Waals surface area (Å²) in [6, 6.07) is 8.68. The van der Waals surface area contributed by atoms with Crippen molar-refractivity contribution < 1.29 is 4.21 Å². The van der Waals surface area contributed by atoms with Crippen LogP contribution in [0.5, 0.6) is 0 Å². The Morgan fingerprint density at radius 2 is 1.86 bits per heavy atom. The zero-order valence-corrected chi connectivity index (χ0v) is 16.7. The predicted octanol–water partition coefficient (Wildman–Crippen LogP) is 5.38. The second-order valence-electron chi connectivity index (χ2n) is 6.82. The summed E-state index contributed by atoms with van der Waals surface area (Å²) < 4.78 is 16.7. The van der Waals surface area contributed by atoms with E-state index < -0.39 is 11.0 Å². The quantitative estimate of drug-likeness (QED) is 0.565. The fraction of sp³-hybridized carbons (Fsp3) is 0.667. The lowest BCUT2D eigenvalue weighted by atomic mass is 10.0. The van der Waals surface area contributed by atoms with Gasteiger partial charge in [-0.3, -0.25) is 0 Å². The van der Waals surface area contributed by atoms with Crippen LogP contribution in [0.3, 0.4) is 0 Å². The van der Waals surface area contributed by atoms with Gasteiger partial charge in [0.1, 0.15) is 0 Å². The Hall–Kier alpha value is -0.190. The molecule has 0 aromatic heterocycles. The van der Waals surface area contributed by atoms with Gasteiger partial charge in [0.2, 0.25) is 0 Å². The molecule has 126 valence electrons. The smallest absolute Gasteiger partial charge is 0.0972 e. The summed E-state index contributed by atoms with van der Waals surface area (Å²) >= 11 is 3.61. The average molecular weight is 388 g/mol. The molecule has 0 radical (unpaired) electrons. The van der Waals surface area contributed by atoms with Crippen LogP contribution in [0.4, 0.5) is 0 Å². The molecule has 1 N–H and O–H groups in total. The summed E-state index contributed by atoms with van der Waals surface area (Å²) in [5.41, 5.74) is 1.33. The lowest BCUT2D eigenvalue weighted by Gasteiger charge is -2.24. The maximum atomic E-state index is 12.4. The molecule has 1 aromatic rings. The summed E-state index contributed by atoms with van der Waals surface area (Å²) in [6.45, 7) is 8.28. The third-order valence-corrected chi connectivity index (χ3v) is 6.14. The van der Waals surface area contributed by atoms with Crippen molar-refractivity contribution in [2.45, 2.75) is 77.0 Å². The highest BCUT2D eigenvalue weighted by molar-refractivity contribution is 9.10. The second-order valence-corrected chi connectivity index (χ2v) is 9.67. The van der Waals surface area contributed by atoms with Crippen LogP contribution >= 0.6 is 15.9 Å². The molecule has 0 aliphatic rings. The van der Waals surface area contributed by atoms with Gasteiger partial charge in [0.05, 0.1) is 15.7 Å². The van der Waals surface area contributed by atoms with Crippen LogP contribution in [0.2, 0.25) is 0 Å². The molecule has 0 heterocycles. The van der Waals surface area contributed by atoms with Crippen molar-refractivity contribution in [3.63, 3.8) is 0 Å². The molecule has 0 saturated heterocycles. The minimum Gasteiger partial charge on any atom is -0.242 e. The van der Waals surface area contributed by atoms with E-state index in [9.17, 15) is 4.21 Å². The van der Waals surface area contributed by atoms with Crippen LogP contribution in [-0.2, 0) is 17.4 Å². The van der Waals surface area contributed by atoms with Crippen molar-refractivity contribution in [2.75, 3.05) is 0 Å². The highest BCUT2D eigenvalue weighted by Gasteiger charge is 2.22. The van der Waals surface area contributed by atoms with E-state index in [4.69, 9.17) is 0 Å². The van der Waals surface area contributed by atoms with E-state index in [1.165, 1.54) is 29.3 Å². The Kier molecular flexibility index (Phi) is 8.88. The molecular weight excluding hydrogens is 358 g/mol. The van der Waals surface area contributed by atoms with Gasteiger partial charge in [-0.05, 0) is 51.7 Å². The molecule has 22 heavy (non-hydrogen) atoms. The van der Waals surface area contributed by atoms with Gasteiger partial charge in [-0.1, -0.05) is 60.3 Å². The molecule has 0 aliphatic carbocycles. The Labute approximate surface area is 147 Å². The van der Waals surface area contributed by atoms with Gasteiger partial charge in [0, 0.05) is 10.5 Å². The van der Waals surface area contributed by atoms with Crippen LogP contribution in [-0.4, -0.2) is 15.0 Å². The molecule has 0 saturated carbocycles. The van der Waals surface area contributed by atoms with Gasteiger partial charge in [0.15, 0.2) is 0 Å². The summed E-state index contributed by atoms with van der Waals surface area (Å²) in [6.07, 6.45) is 6.79. The predicted molar refractivity (Wildman–Crippen MR) is 101 cm³/mol. The van der Waals surface area contributed by atoms with Gasteiger partial charge >= 0.3 is 0 Å². The van der Waals surface area contributed by atoms with Crippen LogP contribution in [0, 0.1) is 0 Å². The summed E-state index contributed by atoms with van der Waals surface area (Å²) in [4.78, 5) is 0. The van der Waals surface area contributed by atoms with Gasteiger partial charge in [-0.15, -0.1) is 0 Å². The molecule has 1 rings (SSSR count). The van der Waals surface area contributed by atoms with Crippen molar-refractivity contribution in [2.24, 2.45) is 0 Å². The van der Waals surface area contributed by atoms with Crippen LogP contribution < -0.4 is 4.72 Å². The van der Waals surface area contributed by atoms with Crippen LogP contribution in [0.15, 0.2) is 28.7 Å². The van der Waals surface area contributed by atoms with Gasteiger partial charge < -0.3 is 0 Å². The molecule has 0 aliphatic heterocycles. The third kappa shape index (κ3) is 7.38. The maximum absolute atomic E-state index is 12.4. The average Bonchev–Trinajstić information content (AvgIpc) is 2.45. The van der Waals surface area contributed by atoms with E-state index in [-0.39, 0.29) is 4.75 Å². The lowest BCUT2D eigenvalue weighted by molar-refractivity contribution is 0.491. The van der Waals surface area contributed by atoms with Crippen molar-refractivity contribution in [1.29, 1.82) is 0 Å². The van der Waals surface area contributed by atoms with E-state index in [0.29, 0.717) is 6.04 Å². The van der Waals surface area contributed by atoms with Gasteiger partial charge in [-0.2, -0.15) is 0 Å². The topological polar surface area (TPSA) is 29.1 Å². The molecule has 0 amide bonds. The van der Waals surface area contributed by atoms with Crippen LogP contribution in [0.25, 0.3) is 0 Å². The number of nitrogens with one attached hydrogen (secondary N) is 1. The summed E-state index contributed by atoms with van der Waals surface area (Å²) in [7, 11) is -0.998. The number of halogens is 1. The Bertz CT molecular complexity index is 470. The van der Waals surface area contributed by atoms with Crippen molar-refractivity contribution in [3.8, 4) is 0 Å². The lowest BCUT2D eigenvalue weighted by Crippen LogP contribution is -2.40. The van der Waals surface area contributed by atoms with E-state index in [1.807, 2.05) is 26.8 Å². The second kappa shape index (κ2) is 9.84. The largest absolute Gasteiger partial charge is 0.242 e. The zero-order valence-electron chi connectivity index (χ0n) is 14.3. The number of benzene rings is 1. The fourth-order valence-corrected chi connectivity index (χ4v) is 3.64. The number of aryl methyl sites for hydroxylation is 1. The SMILES string of the molecule is CCCCCC(CCc1ccccc1Br)NS(=O)C(C)(C)C. The number of rotatable bonds is 9. The highest BCUT2D eigenvalue weighted by atomic mass is 79.9. The van der Waals surface area contributed by atoms with Crippen molar-refractivity contribution in [3.05, 3.63) is 34.3 Å². The first-order valence-electron chi connectivity index (χ1n) is 8.26. The molecule has 2 nitrogen and oxygen atoms in total. The monoisotopic (exact) mass is 387 g/mol. The minimum atomic E-state index is -0.998. The van der Waals surface area contributed by atoms with Crippen molar-refractivity contribution in [1.82, 2.24) is 4.72 Å². The summed E-state index contributed by atoms with van der Waals surface area (Å²) in [5, 5.41) is 0. The first-order valence-corrected chi connectivity index (χ1v) is 10.2. The van der Waals surface area contributed by atoms with Crippen molar-refractivity contribution >= 4 is 26.9 Å². The Morgan fingerprint density at radius 3 is 2.45 bits per heavy atom. The van der Waals surface area contributed by atoms with E-state index in [1.54, 1.807) is 0 Å². The molecule has 0 spiro atoms.